The molecule has 0 bridgehead atoms. The summed E-state index contributed by atoms with van der Waals surface area (Å²) < 4.78 is 0. The fourth-order valence-electron chi connectivity index (χ4n) is 1.87. The lowest BCUT2D eigenvalue weighted by Crippen LogP contribution is -2.38. The summed E-state index contributed by atoms with van der Waals surface area (Å²) in [5.41, 5.74) is 0. The molecule has 1 fully saturated rings. The van der Waals surface area contributed by atoms with E-state index in [1.165, 1.54) is 25.7 Å². The highest BCUT2D eigenvalue weighted by atomic mass is 79.9. The Morgan fingerprint density at radius 2 is 2.23 bits per heavy atom. The average Bonchev–Trinajstić information content (AvgIpc) is 2.30. The summed E-state index contributed by atoms with van der Waals surface area (Å²) in [7, 11) is 0. The predicted octanol–water partition coefficient (Wildman–Crippen LogP) is 2.56. The van der Waals surface area contributed by atoms with Crippen LogP contribution in [0, 0.1) is 0 Å². The monoisotopic (exact) mass is 247 g/mol. The lowest BCUT2D eigenvalue weighted by molar-refractivity contribution is -0.132. The number of halogens is 1. The van der Waals surface area contributed by atoms with Crippen LogP contribution in [0.1, 0.15) is 39.0 Å². The van der Waals surface area contributed by atoms with Crippen LogP contribution in [0.5, 0.6) is 0 Å². The Hall–Kier alpha value is -0.0500. The third-order valence-electron chi connectivity index (χ3n) is 2.68. The van der Waals surface area contributed by atoms with Gasteiger partial charge in [-0.25, -0.2) is 0 Å². The van der Waals surface area contributed by atoms with Crippen molar-refractivity contribution in [1.82, 2.24) is 4.90 Å². The fourth-order valence-corrected chi connectivity index (χ4v) is 2.21. The van der Waals surface area contributed by atoms with Crippen molar-refractivity contribution in [3.8, 4) is 0 Å². The van der Waals surface area contributed by atoms with Gasteiger partial charge in [0, 0.05) is 24.3 Å². The van der Waals surface area contributed by atoms with Gasteiger partial charge in [0.2, 0.25) is 5.91 Å². The molecule has 0 N–H and O–H groups in total. The van der Waals surface area contributed by atoms with Gasteiger partial charge in [0.25, 0.3) is 0 Å². The molecule has 1 unspecified atom stereocenters. The number of alkyl halides is 1. The van der Waals surface area contributed by atoms with E-state index in [9.17, 15) is 4.79 Å². The molecule has 1 rings (SSSR count). The molecule has 0 saturated carbocycles. The first-order chi connectivity index (χ1) is 6.25. The third kappa shape index (κ3) is 3.29. The summed E-state index contributed by atoms with van der Waals surface area (Å²) in [6.45, 7) is 3.13. The number of carbonyl (C=O) groups is 1. The van der Waals surface area contributed by atoms with E-state index in [0.717, 1.165) is 11.9 Å². The van der Waals surface area contributed by atoms with Crippen LogP contribution < -0.4 is 0 Å². The molecular formula is C10H18BrNO. The molecule has 0 aromatic carbocycles. The standard InChI is InChI=1S/C10H18BrNO/c1-9-5-3-2-4-8-12(9)10(13)6-7-11/h9H,2-8H2,1H3. The molecule has 2 nitrogen and oxygen atoms in total. The highest BCUT2D eigenvalue weighted by molar-refractivity contribution is 9.09. The molecule has 0 aliphatic carbocycles. The Balaban J connectivity index is 2.48. The molecule has 1 aliphatic rings. The van der Waals surface area contributed by atoms with Crippen LogP contribution in [0.3, 0.4) is 0 Å². The van der Waals surface area contributed by atoms with E-state index in [2.05, 4.69) is 22.9 Å². The van der Waals surface area contributed by atoms with Crippen molar-refractivity contribution < 1.29 is 4.79 Å². The van der Waals surface area contributed by atoms with Gasteiger partial charge in [0.1, 0.15) is 0 Å². The maximum absolute atomic E-state index is 11.7. The van der Waals surface area contributed by atoms with Crippen LogP contribution >= 0.6 is 15.9 Å². The Morgan fingerprint density at radius 3 is 2.92 bits per heavy atom. The molecule has 0 aromatic rings. The van der Waals surface area contributed by atoms with Gasteiger partial charge in [-0.3, -0.25) is 4.79 Å². The number of rotatable bonds is 2. The first-order valence-corrected chi connectivity index (χ1v) is 6.23. The number of hydrogen-bond acceptors (Lipinski definition) is 1. The average molecular weight is 248 g/mol. The van der Waals surface area contributed by atoms with E-state index in [-0.39, 0.29) is 0 Å². The van der Waals surface area contributed by atoms with Gasteiger partial charge >= 0.3 is 0 Å². The van der Waals surface area contributed by atoms with Crippen molar-refractivity contribution in [3.63, 3.8) is 0 Å². The zero-order valence-electron chi connectivity index (χ0n) is 8.26. The predicted molar refractivity (Wildman–Crippen MR) is 58.1 cm³/mol. The first kappa shape index (κ1) is 11.0. The van der Waals surface area contributed by atoms with Crippen LogP contribution in [0.15, 0.2) is 0 Å². The number of likely N-dealkylation sites (tertiary alicyclic amines) is 1. The van der Waals surface area contributed by atoms with Crippen LogP contribution in [0.4, 0.5) is 0 Å². The maximum atomic E-state index is 11.7. The van der Waals surface area contributed by atoms with Crippen molar-refractivity contribution >= 4 is 21.8 Å². The van der Waals surface area contributed by atoms with Gasteiger partial charge in [-0.1, -0.05) is 28.8 Å². The second-order valence-electron chi connectivity index (χ2n) is 3.72. The zero-order valence-corrected chi connectivity index (χ0v) is 9.85. The maximum Gasteiger partial charge on any atom is 0.223 e. The molecule has 0 aromatic heterocycles. The summed E-state index contributed by atoms with van der Waals surface area (Å²) in [4.78, 5) is 13.7. The van der Waals surface area contributed by atoms with Crippen LogP contribution in [0.25, 0.3) is 0 Å². The first-order valence-electron chi connectivity index (χ1n) is 5.11. The third-order valence-corrected chi connectivity index (χ3v) is 3.08. The fraction of sp³-hybridized carbons (Fsp3) is 0.900. The summed E-state index contributed by atoms with van der Waals surface area (Å²) in [6, 6.07) is 0.453. The Bertz CT molecular complexity index is 172. The summed E-state index contributed by atoms with van der Waals surface area (Å²) >= 11 is 3.31. The SMILES string of the molecule is CC1CCCCCN1C(=O)CCBr. The van der Waals surface area contributed by atoms with Gasteiger partial charge in [0.05, 0.1) is 0 Å². The molecule has 76 valence electrons. The minimum atomic E-state index is 0.311. The normalized spacial score (nSPS) is 24.2. The van der Waals surface area contributed by atoms with Crippen molar-refractivity contribution in [2.75, 3.05) is 11.9 Å². The largest absolute Gasteiger partial charge is 0.340 e. The second kappa shape index (κ2) is 5.63. The molecule has 13 heavy (non-hydrogen) atoms. The van der Waals surface area contributed by atoms with Gasteiger partial charge in [-0.15, -0.1) is 0 Å². The van der Waals surface area contributed by atoms with E-state index in [0.29, 0.717) is 18.4 Å². The zero-order chi connectivity index (χ0) is 9.68. The van der Waals surface area contributed by atoms with E-state index in [1.807, 2.05) is 4.90 Å². The molecule has 1 amide bonds. The molecular weight excluding hydrogens is 230 g/mol. The topological polar surface area (TPSA) is 20.3 Å². The van der Waals surface area contributed by atoms with Gasteiger partial charge in [-0.2, -0.15) is 0 Å². The Kier molecular flexibility index (Phi) is 4.78. The van der Waals surface area contributed by atoms with Crippen LogP contribution in [-0.2, 0) is 4.79 Å². The molecule has 0 radical (unpaired) electrons. The minimum absolute atomic E-state index is 0.311. The number of amides is 1. The summed E-state index contributed by atoms with van der Waals surface area (Å²) in [5, 5.41) is 0.787. The van der Waals surface area contributed by atoms with Gasteiger partial charge in [-0.05, 0) is 19.8 Å². The molecule has 1 atom stereocenters. The Labute approximate surface area is 88.8 Å². The van der Waals surface area contributed by atoms with E-state index in [4.69, 9.17) is 0 Å². The molecule has 1 saturated heterocycles. The van der Waals surface area contributed by atoms with Gasteiger partial charge < -0.3 is 4.90 Å². The highest BCUT2D eigenvalue weighted by Gasteiger charge is 2.20. The quantitative estimate of drug-likeness (QED) is 0.688. The molecule has 0 spiro atoms. The van der Waals surface area contributed by atoms with Gasteiger partial charge in [0.15, 0.2) is 0 Å². The van der Waals surface area contributed by atoms with E-state index < -0.39 is 0 Å². The van der Waals surface area contributed by atoms with Crippen molar-refractivity contribution in [2.24, 2.45) is 0 Å². The van der Waals surface area contributed by atoms with Crippen LogP contribution in [-0.4, -0.2) is 28.7 Å². The molecule has 3 heteroatoms. The number of hydrogen-bond donors (Lipinski definition) is 0. The van der Waals surface area contributed by atoms with E-state index in [1.54, 1.807) is 0 Å². The van der Waals surface area contributed by atoms with E-state index >= 15 is 0 Å². The lowest BCUT2D eigenvalue weighted by Gasteiger charge is -2.26. The molecule has 1 heterocycles. The minimum Gasteiger partial charge on any atom is -0.340 e. The lowest BCUT2D eigenvalue weighted by atomic mass is 10.1. The smallest absolute Gasteiger partial charge is 0.223 e. The number of nitrogens with zero attached hydrogens (tertiary/aromatic N) is 1. The summed E-state index contributed by atoms with van der Waals surface area (Å²) in [5.74, 6) is 0.311. The Morgan fingerprint density at radius 1 is 1.46 bits per heavy atom. The summed E-state index contributed by atoms with van der Waals surface area (Å²) in [6.07, 6.45) is 5.55. The van der Waals surface area contributed by atoms with Crippen LogP contribution in [0.2, 0.25) is 0 Å². The van der Waals surface area contributed by atoms with Crippen molar-refractivity contribution in [3.05, 3.63) is 0 Å². The highest BCUT2D eigenvalue weighted by Crippen LogP contribution is 2.17. The molecule has 1 aliphatic heterocycles. The van der Waals surface area contributed by atoms with Crippen molar-refractivity contribution in [2.45, 2.75) is 45.1 Å². The van der Waals surface area contributed by atoms with Crippen molar-refractivity contribution in [1.29, 1.82) is 0 Å². The number of carbonyl (C=O) groups excluding carboxylic acids is 1. The second-order valence-corrected chi connectivity index (χ2v) is 4.52.